The van der Waals surface area contributed by atoms with Crippen LogP contribution < -0.4 is 5.32 Å². The lowest BCUT2D eigenvalue weighted by Gasteiger charge is -2.31. The average Bonchev–Trinajstić information content (AvgIpc) is 2.45. The zero-order chi connectivity index (χ0) is 15.5. The minimum Gasteiger partial charge on any atom is -0.479 e. The number of anilines is 1. The predicted molar refractivity (Wildman–Crippen MR) is 85.6 cm³/mol. The third-order valence-corrected chi connectivity index (χ3v) is 3.82. The number of aliphatic carboxylic acids is 1. The van der Waals surface area contributed by atoms with Crippen molar-refractivity contribution in [1.29, 1.82) is 0 Å². The van der Waals surface area contributed by atoms with Crippen molar-refractivity contribution in [2.75, 3.05) is 5.32 Å². The van der Waals surface area contributed by atoms with E-state index < -0.39 is 11.5 Å². The molecule has 0 saturated carbocycles. The first-order valence-electron chi connectivity index (χ1n) is 7.13. The molecule has 2 aromatic rings. The van der Waals surface area contributed by atoms with Crippen LogP contribution in [-0.4, -0.2) is 11.1 Å². The summed E-state index contributed by atoms with van der Waals surface area (Å²) in [7, 11) is 0. The molecule has 3 nitrogen and oxygen atoms in total. The van der Waals surface area contributed by atoms with Crippen LogP contribution in [0.3, 0.4) is 0 Å². The molecule has 0 aliphatic rings. The molecule has 1 atom stereocenters. The van der Waals surface area contributed by atoms with Crippen LogP contribution >= 0.6 is 0 Å². The number of nitrogens with one attached hydrogen (secondary N) is 1. The van der Waals surface area contributed by atoms with Gasteiger partial charge < -0.3 is 10.4 Å². The Kier molecular flexibility index (Phi) is 4.32. The Balaban J connectivity index is 2.46. The van der Waals surface area contributed by atoms with Crippen molar-refractivity contribution in [2.45, 2.75) is 32.7 Å². The number of carboxylic acid groups (broad SMARTS) is 1. The third kappa shape index (κ3) is 3.07. The fraction of sp³-hybridized carbons (Fsp3) is 0.278. The highest BCUT2D eigenvalue weighted by Gasteiger charge is 2.38. The third-order valence-electron chi connectivity index (χ3n) is 3.82. The van der Waals surface area contributed by atoms with Crippen molar-refractivity contribution in [1.82, 2.24) is 0 Å². The highest BCUT2D eigenvalue weighted by Crippen LogP contribution is 2.31. The Hall–Kier alpha value is -2.29. The van der Waals surface area contributed by atoms with E-state index in [0.29, 0.717) is 6.42 Å². The highest BCUT2D eigenvalue weighted by atomic mass is 16.4. The molecule has 0 radical (unpaired) electrons. The van der Waals surface area contributed by atoms with E-state index in [0.717, 1.165) is 22.4 Å². The molecule has 2 aromatic carbocycles. The van der Waals surface area contributed by atoms with Crippen molar-refractivity contribution in [3.63, 3.8) is 0 Å². The molecule has 0 heterocycles. The second-order valence-electron chi connectivity index (χ2n) is 5.42. The van der Waals surface area contributed by atoms with Gasteiger partial charge in [-0.2, -0.15) is 0 Å². The van der Waals surface area contributed by atoms with Crippen molar-refractivity contribution < 1.29 is 9.90 Å². The second kappa shape index (κ2) is 6.00. The summed E-state index contributed by atoms with van der Waals surface area (Å²) in [5.74, 6) is -0.865. The Labute approximate surface area is 125 Å². The minimum atomic E-state index is -1.11. The van der Waals surface area contributed by atoms with E-state index in [-0.39, 0.29) is 0 Å². The molecule has 0 aliphatic carbocycles. The number of benzene rings is 2. The Morgan fingerprint density at radius 2 is 1.76 bits per heavy atom. The van der Waals surface area contributed by atoms with Crippen molar-refractivity contribution in [2.24, 2.45) is 0 Å². The quantitative estimate of drug-likeness (QED) is 0.868. The van der Waals surface area contributed by atoms with Crippen molar-refractivity contribution in [3.05, 3.63) is 65.2 Å². The van der Waals surface area contributed by atoms with Gasteiger partial charge in [0.25, 0.3) is 0 Å². The Morgan fingerprint density at radius 1 is 1.10 bits per heavy atom. The van der Waals surface area contributed by atoms with Gasteiger partial charge in [0, 0.05) is 5.69 Å². The maximum Gasteiger partial charge on any atom is 0.334 e. The maximum absolute atomic E-state index is 12.0. The second-order valence-corrected chi connectivity index (χ2v) is 5.42. The number of aryl methyl sites for hydroxylation is 2. The lowest BCUT2D eigenvalue weighted by atomic mass is 9.86. The Morgan fingerprint density at radius 3 is 2.29 bits per heavy atom. The van der Waals surface area contributed by atoms with Crippen LogP contribution in [-0.2, 0) is 10.3 Å². The molecular weight excluding hydrogens is 262 g/mol. The first-order chi connectivity index (χ1) is 9.98. The average molecular weight is 283 g/mol. The predicted octanol–water partition coefficient (Wildman–Crippen LogP) is 4.11. The van der Waals surface area contributed by atoms with Crippen LogP contribution in [0.15, 0.2) is 48.5 Å². The molecule has 1 unspecified atom stereocenters. The van der Waals surface area contributed by atoms with Gasteiger partial charge in [-0.25, -0.2) is 4.79 Å². The molecule has 0 saturated heterocycles. The van der Waals surface area contributed by atoms with Crippen LogP contribution in [0.5, 0.6) is 0 Å². The van der Waals surface area contributed by atoms with E-state index in [4.69, 9.17) is 0 Å². The van der Waals surface area contributed by atoms with E-state index >= 15 is 0 Å². The van der Waals surface area contributed by atoms with Gasteiger partial charge in [-0.1, -0.05) is 48.9 Å². The normalized spacial score (nSPS) is 13.5. The van der Waals surface area contributed by atoms with E-state index in [1.54, 1.807) is 0 Å². The summed E-state index contributed by atoms with van der Waals surface area (Å²) in [6.45, 7) is 5.87. The zero-order valence-electron chi connectivity index (χ0n) is 12.7. The molecule has 0 aromatic heterocycles. The molecule has 3 heteroatoms. The summed E-state index contributed by atoms with van der Waals surface area (Å²) in [4.78, 5) is 12.0. The molecule has 0 spiro atoms. The fourth-order valence-electron chi connectivity index (χ4n) is 2.50. The van der Waals surface area contributed by atoms with Gasteiger partial charge in [0.05, 0.1) is 0 Å². The fourth-order valence-corrected chi connectivity index (χ4v) is 2.50. The number of carboxylic acids is 1. The maximum atomic E-state index is 12.0. The molecular formula is C18H21NO2. The smallest absolute Gasteiger partial charge is 0.334 e. The first-order valence-corrected chi connectivity index (χ1v) is 7.13. The van der Waals surface area contributed by atoms with Gasteiger partial charge in [0.2, 0.25) is 0 Å². The van der Waals surface area contributed by atoms with Gasteiger partial charge in [0.1, 0.15) is 0 Å². The summed E-state index contributed by atoms with van der Waals surface area (Å²) in [5.41, 5.74) is 2.69. The highest BCUT2D eigenvalue weighted by molar-refractivity contribution is 5.84. The van der Waals surface area contributed by atoms with E-state index in [9.17, 15) is 9.90 Å². The molecule has 110 valence electrons. The van der Waals surface area contributed by atoms with E-state index in [2.05, 4.69) is 5.32 Å². The van der Waals surface area contributed by atoms with Crippen LogP contribution in [0.1, 0.15) is 30.0 Å². The molecule has 2 N–H and O–H groups in total. The number of hydrogen-bond acceptors (Lipinski definition) is 2. The topological polar surface area (TPSA) is 49.3 Å². The summed E-state index contributed by atoms with van der Waals surface area (Å²) in [5, 5.41) is 13.0. The summed E-state index contributed by atoms with van der Waals surface area (Å²) in [6, 6.07) is 15.4. The van der Waals surface area contributed by atoms with Gasteiger partial charge in [-0.3, -0.25) is 0 Å². The van der Waals surface area contributed by atoms with Gasteiger partial charge in [0.15, 0.2) is 5.54 Å². The van der Waals surface area contributed by atoms with Gasteiger partial charge in [-0.05, 0) is 43.5 Å². The van der Waals surface area contributed by atoms with E-state index in [1.165, 1.54) is 0 Å². The molecule has 0 amide bonds. The van der Waals surface area contributed by atoms with Crippen LogP contribution in [0, 0.1) is 13.8 Å². The monoisotopic (exact) mass is 283 g/mol. The zero-order valence-corrected chi connectivity index (χ0v) is 12.7. The Bertz CT molecular complexity index is 634. The standard InChI is InChI=1S/C18H21NO2/c1-4-18(17(20)21,15-10-8-13(2)9-11-15)19-16-7-5-6-14(3)12-16/h5-12,19H,4H2,1-3H3,(H,20,21). The molecule has 0 aliphatic heterocycles. The summed E-state index contributed by atoms with van der Waals surface area (Å²) >= 11 is 0. The molecule has 2 rings (SSSR count). The largest absolute Gasteiger partial charge is 0.479 e. The van der Waals surface area contributed by atoms with Crippen molar-refractivity contribution >= 4 is 11.7 Å². The van der Waals surface area contributed by atoms with Crippen LogP contribution in [0.4, 0.5) is 5.69 Å². The number of hydrogen-bond donors (Lipinski definition) is 2. The lowest BCUT2D eigenvalue weighted by molar-refractivity contribution is -0.142. The van der Waals surface area contributed by atoms with Gasteiger partial charge >= 0.3 is 5.97 Å². The van der Waals surface area contributed by atoms with Crippen molar-refractivity contribution in [3.8, 4) is 0 Å². The first kappa shape index (κ1) is 15.1. The van der Waals surface area contributed by atoms with Crippen LogP contribution in [0.25, 0.3) is 0 Å². The molecule has 0 fully saturated rings. The lowest BCUT2D eigenvalue weighted by Crippen LogP contribution is -2.43. The number of carbonyl (C=O) groups is 1. The summed E-state index contributed by atoms with van der Waals surface area (Å²) in [6.07, 6.45) is 0.458. The van der Waals surface area contributed by atoms with E-state index in [1.807, 2.05) is 69.3 Å². The van der Waals surface area contributed by atoms with Crippen LogP contribution in [0.2, 0.25) is 0 Å². The SMILES string of the molecule is CCC(Nc1cccc(C)c1)(C(=O)O)c1ccc(C)cc1. The molecule has 0 bridgehead atoms. The number of rotatable bonds is 5. The summed E-state index contributed by atoms with van der Waals surface area (Å²) < 4.78 is 0. The molecule has 21 heavy (non-hydrogen) atoms. The minimum absolute atomic E-state index is 0.458. The van der Waals surface area contributed by atoms with Gasteiger partial charge in [-0.15, -0.1) is 0 Å².